The third-order valence-electron chi connectivity index (χ3n) is 3.61. The second-order valence-electron chi connectivity index (χ2n) is 5.44. The average molecular weight is 371 g/mol. The predicted molar refractivity (Wildman–Crippen MR) is 94.0 cm³/mol. The largest absolute Gasteiger partial charge is 0.330 e. The highest BCUT2D eigenvalue weighted by Crippen LogP contribution is 2.26. The van der Waals surface area contributed by atoms with Gasteiger partial charge in [-0.2, -0.15) is 0 Å². The van der Waals surface area contributed by atoms with Crippen LogP contribution in [0.2, 0.25) is 0 Å². The van der Waals surface area contributed by atoms with Crippen LogP contribution < -0.4 is 0 Å². The van der Waals surface area contributed by atoms with Crippen molar-refractivity contribution in [1.29, 1.82) is 0 Å². The van der Waals surface area contributed by atoms with E-state index in [1.165, 1.54) is 9.47 Å². The van der Waals surface area contributed by atoms with E-state index < -0.39 is 0 Å². The molecule has 3 rings (SSSR count). The van der Waals surface area contributed by atoms with E-state index in [9.17, 15) is 9.59 Å². The minimum atomic E-state index is -0.252. The lowest BCUT2D eigenvalue weighted by molar-refractivity contribution is 0.103. The SMILES string of the molecule is CN(C)C(=O)n1c(C(=O)c2ccccc2)cc2ccc(Br)cc21. The lowest BCUT2D eigenvalue weighted by Gasteiger charge is -2.14. The molecule has 0 saturated heterocycles. The maximum atomic E-state index is 12.8. The molecule has 0 unspecified atom stereocenters. The number of hydrogen-bond donors (Lipinski definition) is 0. The second-order valence-corrected chi connectivity index (χ2v) is 6.36. The lowest BCUT2D eigenvalue weighted by atomic mass is 10.1. The molecule has 0 aliphatic heterocycles. The van der Waals surface area contributed by atoms with E-state index in [4.69, 9.17) is 0 Å². The van der Waals surface area contributed by atoms with Gasteiger partial charge in [0.25, 0.3) is 0 Å². The molecule has 0 aliphatic carbocycles. The van der Waals surface area contributed by atoms with Crippen LogP contribution in [0.4, 0.5) is 4.79 Å². The van der Waals surface area contributed by atoms with Gasteiger partial charge in [-0.3, -0.25) is 9.36 Å². The molecule has 0 bridgehead atoms. The molecule has 0 saturated carbocycles. The Morgan fingerprint density at radius 3 is 2.35 bits per heavy atom. The van der Waals surface area contributed by atoms with Crippen LogP contribution in [0.25, 0.3) is 10.9 Å². The molecule has 3 aromatic rings. The van der Waals surface area contributed by atoms with Gasteiger partial charge in [-0.25, -0.2) is 4.79 Å². The minimum absolute atomic E-state index is 0.173. The summed E-state index contributed by atoms with van der Waals surface area (Å²) >= 11 is 3.42. The molecule has 0 atom stereocenters. The van der Waals surface area contributed by atoms with Gasteiger partial charge in [-0.05, 0) is 18.2 Å². The Morgan fingerprint density at radius 1 is 1.00 bits per heavy atom. The van der Waals surface area contributed by atoms with Gasteiger partial charge in [0.05, 0.1) is 11.2 Å². The Morgan fingerprint density at radius 2 is 1.70 bits per heavy atom. The number of carbonyl (C=O) groups excluding carboxylic acids is 2. The summed E-state index contributed by atoms with van der Waals surface area (Å²) in [6.07, 6.45) is 0. The minimum Gasteiger partial charge on any atom is -0.330 e. The molecule has 4 nitrogen and oxygen atoms in total. The first kappa shape index (κ1) is 15.5. The van der Waals surface area contributed by atoms with E-state index in [1.54, 1.807) is 32.3 Å². The summed E-state index contributed by atoms with van der Waals surface area (Å²) in [5, 5.41) is 0.850. The number of fused-ring (bicyclic) bond motifs is 1. The highest BCUT2D eigenvalue weighted by Gasteiger charge is 2.22. The maximum absolute atomic E-state index is 12.8. The lowest BCUT2D eigenvalue weighted by Crippen LogP contribution is -2.29. The number of hydrogen-bond acceptors (Lipinski definition) is 2. The molecule has 1 heterocycles. The fraction of sp³-hybridized carbons (Fsp3) is 0.111. The van der Waals surface area contributed by atoms with E-state index in [0.717, 1.165) is 9.86 Å². The first-order valence-corrected chi connectivity index (χ1v) is 7.91. The Kier molecular flexibility index (Phi) is 4.05. The van der Waals surface area contributed by atoms with Crippen molar-refractivity contribution in [3.8, 4) is 0 Å². The number of benzene rings is 2. The topological polar surface area (TPSA) is 42.3 Å². The Balaban J connectivity index is 2.26. The first-order valence-electron chi connectivity index (χ1n) is 7.11. The van der Waals surface area contributed by atoms with E-state index in [-0.39, 0.29) is 11.8 Å². The monoisotopic (exact) mass is 370 g/mol. The van der Waals surface area contributed by atoms with Crippen molar-refractivity contribution in [1.82, 2.24) is 9.47 Å². The number of amides is 1. The summed E-state index contributed by atoms with van der Waals surface area (Å²) in [7, 11) is 3.34. The van der Waals surface area contributed by atoms with Gasteiger partial charge >= 0.3 is 6.03 Å². The molecule has 2 aromatic carbocycles. The zero-order valence-corrected chi connectivity index (χ0v) is 14.4. The summed E-state index contributed by atoms with van der Waals surface area (Å²) in [5.74, 6) is -0.173. The molecule has 0 aliphatic rings. The van der Waals surface area contributed by atoms with Gasteiger partial charge in [0, 0.05) is 29.5 Å². The summed E-state index contributed by atoms with van der Waals surface area (Å²) < 4.78 is 2.32. The zero-order chi connectivity index (χ0) is 16.6. The molecule has 0 N–H and O–H groups in total. The number of ketones is 1. The maximum Gasteiger partial charge on any atom is 0.328 e. The molecule has 1 aromatic heterocycles. The third kappa shape index (κ3) is 2.80. The van der Waals surface area contributed by atoms with Crippen LogP contribution >= 0.6 is 15.9 Å². The molecule has 5 heteroatoms. The molecular weight excluding hydrogens is 356 g/mol. The van der Waals surface area contributed by atoms with Crippen molar-refractivity contribution >= 4 is 38.6 Å². The van der Waals surface area contributed by atoms with Crippen LogP contribution in [-0.4, -0.2) is 35.4 Å². The number of halogens is 1. The third-order valence-corrected chi connectivity index (χ3v) is 4.10. The quantitative estimate of drug-likeness (QED) is 0.635. The van der Waals surface area contributed by atoms with Crippen molar-refractivity contribution in [3.63, 3.8) is 0 Å². The van der Waals surface area contributed by atoms with Crippen molar-refractivity contribution in [2.24, 2.45) is 0 Å². The molecule has 1 amide bonds. The molecular formula is C18H15BrN2O2. The molecule has 0 fully saturated rings. The number of aromatic nitrogens is 1. The van der Waals surface area contributed by atoms with Gasteiger partial charge < -0.3 is 4.90 Å². The van der Waals surface area contributed by atoms with Crippen LogP contribution in [0, 0.1) is 0 Å². The smallest absolute Gasteiger partial charge is 0.328 e. The van der Waals surface area contributed by atoms with E-state index in [2.05, 4.69) is 15.9 Å². The van der Waals surface area contributed by atoms with Crippen molar-refractivity contribution in [2.45, 2.75) is 0 Å². The van der Waals surface area contributed by atoms with E-state index in [0.29, 0.717) is 16.8 Å². The number of rotatable bonds is 2. The first-order chi connectivity index (χ1) is 11.0. The second kappa shape index (κ2) is 6.01. The molecule has 0 spiro atoms. The summed E-state index contributed by atoms with van der Waals surface area (Å²) in [6, 6.07) is 16.1. The Labute approximate surface area is 142 Å². The van der Waals surface area contributed by atoms with Gasteiger partial charge in [0.1, 0.15) is 0 Å². The van der Waals surface area contributed by atoms with Gasteiger partial charge in [0.2, 0.25) is 5.78 Å². The predicted octanol–water partition coefficient (Wildman–Crippen LogP) is 4.16. The molecule has 116 valence electrons. The van der Waals surface area contributed by atoms with Gasteiger partial charge in [-0.1, -0.05) is 52.3 Å². The highest BCUT2D eigenvalue weighted by atomic mass is 79.9. The van der Waals surface area contributed by atoms with Crippen LogP contribution in [0.1, 0.15) is 16.1 Å². The summed E-state index contributed by atoms with van der Waals surface area (Å²) in [5.41, 5.74) is 1.63. The van der Waals surface area contributed by atoms with Crippen molar-refractivity contribution < 1.29 is 9.59 Å². The van der Waals surface area contributed by atoms with Crippen LogP contribution in [0.5, 0.6) is 0 Å². The summed E-state index contributed by atoms with van der Waals surface area (Å²) in [6.45, 7) is 0. The summed E-state index contributed by atoms with van der Waals surface area (Å²) in [4.78, 5) is 26.9. The molecule has 0 radical (unpaired) electrons. The van der Waals surface area contributed by atoms with E-state index in [1.807, 2.05) is 36.4 Å². The number of nitrogens with zero attached hydrogens (tertiary/aromatic N) is 2. The van der Waals surface area contributed by atoms with Crippen LogP contribution in [0.3, 0.4) is 0 Å². The van der Waals surface area contributed by atoms with Crippen LogP contribution in [0.15, 0.2) is 59.1 Å². The van der Waals surface area contributed by atoms with Gasteiger partial charge in [-0.15, -0.1) is 0 Å². The van der Waals surface area contributed by atoms with E-state index >= 15 is 0 Å². The fourth-order valence-corrected chi connectivity index (χ4v) is 2.83. The van der Waals surface area contributed by atoms with Gasteiger partial charge in [0.15, 0.2) is 0 Å². The van der Waals surface area contributed by atoms with Crippen LogP contribution in [-0.2, 0) is 0 Å². The standard InChI is InChI=1S/C18H15BrN2O2/c1-20(2)18(23)21-15-11-14(19)9-8-13(15)10-16(21)17(22)12-6-4-3-5-7-12/h3-11H,1-2H3. The highest BCUT2D eigenvalue weighted by molar-refractivity contribution is 9.10. The average Bonchev–Trinajstić information content (AvgIpc) is 2.92. The normalized spacial score (nSPS) is 10.7. The number of carbonyl (C=O) groups is 2. The fourth-order valence-electron chi connectivity index (χ4n) is 2.48. The Hall–Kier alpha value is -2.40. The zero-order valence-electron chi connectivity index (χ0n) is 12.8. The Bertz CT molecular complexity index is 898. The molecule has 23 heavy (non-hydrogen) atoms. The van der Waals surface area contributed by atoms with Crippen molar-refractivity contribution in [3.05, 3.63) is 70.3 Å². The van der Waals surface area contributed by atoms with Crippen molar-refractivity contribution in [2.75, 3.05) is 14.1 Å².